The van der Waals surface area contributed by atoms with E-state index in [4.69, 9.17) is 4.98 Å². The van der Waals surface area contributed by atoms with Crippen molar-refractivity contribution in [1.82, 2.24) is 14.5 Å². The van der Waals surface area contributed by atoms with Gasteiger partial charge in [0.2, 0.25) is 0 Å². The Kier molecular flexibility index (Phi) is 3.41. The molecular formula is C21H22N6. The molecule has 2 aliphatic heterocycles. The van der Waals surface area contributed by atoms with Crippen molar-refractivity contribution in [2.45, 2.75) is 44.3 Å². The van der Waals surface area contributed by atoms with Crippen LogP contribution >= 0.6 is 0 Å². The molecule has 0 N–H and O–H groups in total. The Hall–Kier alpha value is -2.60. The molecule has 27 heavy (non-hydrogen) atoms. The van der Waals surface area contributed by atoms with Crippen LogP contribution < -0.4 is 0 Å². The Morgan fingerprint density at radius 3 is 2.89 bits per heavy atom. The first-order valence-corrected chi connectivity index (χ1v) is 9.96. The maximum atomic E-state index is 4.99. The van der Waals surface area contributed by atoms with Crippen LogP contribution in [0.4, 0.5) is 0 Å². The molecule has 0 bridgehead atoms. The molecule has 1 fully saturated rings. The lowest BCUT2D eigenvalue weighted by Gasteiger charge is -2.36. The van der Waals surface area contributed by atoms with Gasteiger partial charge < -0.3 is 4.57 Å². The Labute approximate surface area is 158 Å². The smallest absolute Gasteiger partial charge is 0.136 e. The van der Waals surface area contributed by atoms with E-state index in [9.17, 15) is 0 Å². The van der Waals surface area contributed by atoms with Gasteiger partial charge in [0, 0.05) is 32.1 Å². The van der Waals surface area contributed by atoms with E-state index in [0.717, 1.165) is 43.3 Å². The van der Waals surface area contributed by atoms with E-state index in [1.54, 1.807) is 0 Å². The summed E-state index contributed by atoms with van der Waals surface area (Å²) in [6.45, 7) is 3.34. The molecule has 6 rings (SSSR count). The van der Waals surface area contributed by atoms with Gasteiger partial charge in [0.1, 0.15) is 11.9 Å². The molecule has 1 saturated carbocycles. The highest BCUT2D eigenvalue weighted by atomic mass is 15.4. The lowest BCUT2D eigenvalue weighted by atomic mass is 9.91. The molecule has 2 aliphatic carbocycles. The van der Waals surface area contributed by atoms with Gasteiger partial charge in [0.05, 0.1) is 16.7 Å². The zero-order chi connectivity index (χ0) is 17.8. The Morgan fingerprint density at radius 2 is 2.00 bits per heavy atom. The number of hydrogen-bond acceptors (Lipinski definition) is 5. The van der Waals surface area contributed by atoms with Gasteiger partial charge in [-0.3, -0.25) is 4.90 Å². The summed E-state index contributed by atoms with van der Waals surface area (Å²) in [5.41, 5.74) is 5.63. The summed E-state index contributed by atoms with van der Waals surface area (Å²) in [5.74, 6) is 1.23. The normalized spacial score (nSPS) is 25.0. The number of hydrogen-bond donors (Lipinski definition) is 0. The number of benzene rings is 1. The number of rotatable bonds is 2. The average Bonchev–Trinajstić information content (AvgIpc) is 3.20. The van der Waals surface area contributed by atoms with Crippen molar-refractivity contribution in [3.05, 3.63) is 47.8 Å². The highest BCUT2D eigenvalue weighted by Crippen LogP contribution is 2.30. The zero-order valence-corrected chi connectivity index (χ0v) is 15.3. The molecule has 0 amide bonds. The second-order valence-corrected chi connectivity index (χ2v) is 7.88. The lowest BCUT2D eigenvalue weighted by molar-refractivity contribution is 0.130. The molecule has 1 atom stereocenters. The number of fused-ring (bicyclic) bond motifs is 4. The van der Waals surface area contributed by atoms with Crippen LogP contribution in [0.25, 0.3) is 16.6 Å². The highest BCUT2D eigenvalue weighted by molar-refractivity contribution is 6.06. The molecule has 4 aliphatic rings. The van der Waals surface area contributed by atoms with Crippen molar-refractivity contribution in [1.29, 1.82) is 0 Å². The van der Waals surface area contributed by atoms with Crippen LogP contribution in [-0.2, 0) is 13.0 Å². The summed E-state index contributed by atoms with van der Waals surface area (Å²) >= 11 is 0. The fourth-order valence-electron chi connectivity index (χ4n) is 4.60. The molecule has 1 unspecified atom stereocenters. The van der Waals surface area contributed by atoms with Crippen LogP contribution in [0, 0.1) is 0 Å². The molecule has 0 saturated heterocycles. The number of aromatic nitrogens is 2. The van der Waals surface area contributed by atoms with Gasteiger partial charge in [-0.15, -0.1) is 5.10 Å². The van der Waals surface area contributed by atoms with E-state index < -0.39 is 0 Å². The standard InChI is InChI=1S/C21H22N6/c1-2-16(3-1)26-9-8-21-22-19-13-15(5-7-20(19)27(21)11-10-26)14-4-6-17-18(12-14)24-25-23-17/h4-7,12-13,16,18H,1-3,8-11H2. The van der Waals surface area contributed by atoms with Crippen molar-refractivity contribution in [3.63, 3.8) is 0 Å². The summed E-state index contributed by atoms with van der Waals surface area (Å²) in [5, 5.41) is 12.0. The third-order valence-electron chi connectivity index (χ3n) is 6.40. The van der Waals surface area contributed by atoms with E-state index in [-0.39, 0.29) is 6.04 Å². The van der Waals surface area contributed by atoms with Gasteiger partial charge in [0.15, 0.2) is 0 Å². The molecule has 3 heterocycles. The van der Waals surface area contributed by atoms with Crippen LogP contribution in [-0.4, -0.2) is 45.3 Å². The van der Waals surface area contributed by atoms with Gasteiger partial charge in [0.25, 0.3) is 0 Å². The van der Waals surface area contributed by atoms with Crippen molar-refractivity contribution in [2.24, 2.45) is 15.4 Å². The molecule has 2 aromatic rings. The van der Waals surface area contributed by atoms with Crippen molar-refractivity contribution in [3.8, 4) is 0 Å². The topological polar surface area (TPSA) is 58.1 Å². The number of imidazole rings is 1. The number of allylic oxidation sites excluding steroid dienone is 2. The van der Waals surface area contributed by atoms with Crippen LogP contribution in [0.3, 0.4) is 0 Å². The average molecular weight is 358 g/mol. The molecule has 6 heteroatoms. The minimum atomic E-state index is -0.0306. The minimum Gasteiger partial charge on any atom is -0.327 e. The van der Waals surface area contributed by atoms with Crippen molar-refractivity contribution in [2.75, 3.05) is 13.1 Å². The first-order chi connectivity index (χ1) is 13.3. The van der Waals surface area contributed by atoms with Crippen LogP contribution in [0.5, 0.6) is 0 Å². The van der Waals surface area contributed by atoms with Crippen LogP contribution in [0.1, 0.15) is 30.7 Å². The van der Waals surface area contributed by atoms with Gasteiger partial charge in [-0.1, -0.05) is 18.6 Å². The summed E-state index contributed by atoms with van der Waals surface area (Å²) in [6, 6.07) is 7.44. The van der Waals surface area contributed by atoms with Crippen LogP contribution in [0.2, 0.25) is 0 Å². The summed E-state index contributed by atoms with van der Waals surface area (Å²) in [6.07, 6.45) is 11.5. The third-order valence-corrected chi connectivity index (χ3v) is 6.40. The van der Waals surface area contributed by atoms with E-state index in [0.29, 0.717) is 0 Å². The maximum Gasteiger partial charge on any atom is 0.136 e. The third kappa shape index (κ3) is 2.51. The van der Waals surface area contributed by atoms with Crippen molar-refractivity contribution < 1.29 is 0 Å². The Bertz CT molecular complexity index is 1040. The second kappa shape index (κ2) is 5.96. The predicted molar refractivity (Wildman–Crippen MR) is 106 cm³/mol. The zero-order valence-electron chi connectivity index (χ0n) is 15.3. The van der Waals surface area contributed by atoms with E-state index >= 15 is 0 Å². The molecular weight excluding hydrogens is 336 g/mol. The second-order valence-electron chi connectivity index (χ2n) is 7.88. The molecule has 1 aromatic carbocycles. The number of nitrogens with zero attached hydrogens (tertiary/aromatic N) is 6. The maximum absolute atomic E-state index is 4.99. The summed E-state index contributed by atoms with van der Waals surface area (Å²) < 4.78 is 2.43. The largest absolute Gasteiger partial charge is 0.327 e. The van der Waals surface area contributed by atoms with Gasteiger partial charge >= 0.3 is 0 Å². The van der Waals surface area contributed by atoms with Gasteiger partial charge in [-0.2, -0.15) is 5.11 Å². The predicted octanol–water partition coefficient (Wildman–Crippen LogP) is 3.59. The quantitative estimate of drug-likeness (QED) is 0.824. The lowest BCUT2D eigenvalue weighted by Crippen LogP contribution is -2.41. The molecule has 136 valence electrons. The molecule has 0 spiro atoms. The highest BCUT2D eigenvalue weighted by Gasteiger charge is 2.27. The first kappa shape index (κ1) is 15.5. The minimum absolute atomic E-state index is 0.0306. The van der Waals surface area contributed by atoms with Gasteiger partial charge in [-0.05, 0) is 53.5 Å². The fraction of sp³-hybridized carbons (Fsp3) is 0.429. The fourth-order valence-corrected chi connectivity index (χ4v) is 4.60. The SMILES string of the molecule is C1=CC2=NN=NC2C=C1c1ccc2c(c1)nc1n2CCN(C2CCC2)CC1. The summed E-state index contributed by atoms with van der Waals surface area (Å²) in [4.78, 5) is 7.66. The van der Waals surface area contributed by atoms with Crippen molar-refractivity contribution >= 4 is 22.3 Å². The van der Waals surface area contributed by atoms with E-state index in [2.05, 4.69) is 55.3 Å². The Morgan fingerprint density at radius 1 is 1.04 bits per heavy atom. The summed E-state index contributed by atoms with van der Waals surface area (Å²) in [7, 11) is 0. The monoisotopic (exact) mass is 358 g/mol. The first-order valence-electron chi connectivity index (χ1n) is 9.96. The van der Waals surface area contributed by atoms with E-state index in [1.807, 2.05) is 6.08 Å². The molecule has 0 radical (unpaired) electrons. The molecule has 1 aromatic heterocycles. The van der Waals surface area contributed by atoms with Crippen LogP contribution in [0.15, 0.2) is 51.9 Å². The Balaban J connectivity index is 1.31. The van der Waals surface area contributed by atoms with Gasteiger partial charge in [-0.25, -0.2) is 4.98 Å². The molecule has 6 nitrogen and oxygen atoms in total. The van der Waals surface area contributed by atoms with E-state index in [1.165, 1.54) is 41.7 Å².